The highest BCUT2D eigenvalue weighted by Gasteiger charge is 2.27. The van der Waals surface area contributed by atoms with Crippen LogP contribution >= 0.6 is 11.3 Å². The van der Waals surface area contributed by atoms with Crippen molar-refractivity contribution in [2.24, 2.45) is 0 Å². The Hall–Kier alpha value is -0.450. The number of piperidine rings is 1. The van der Waals surface area contributed by atoms with E-state index in [2.05, 4.69) is 24.2 Å². The number of nitrogens with one attached hydrogen (secondary N) is 1. The third-order valence-corrected chi connectivity index (χ3v) is 5.55. The summed E-state index contributed by atoms with van der Waals surface area (Å²) >= 11 is 1.98. The SMILES string of the molecule is Cc1nc(C2CCN(C)CC2)sc1C1CNC1. The molecule has 94 valence electrons. The monoisotopic (exact) mass is 251 g/mol. The van der Waals surface area contributed by atoms with Crippen LogP contribution in [0.5, 0.6) is 0 Å². The molecule has 4 heteroatoms. The van der Waals surface area contributed by atoms with E-state index in [1.807, 2.05) is 11.3 Å². The van der Waals surface area contributed by atoms with Crippen LogP contribution < -0.4 is 5.32 Å². The molecule has 3 heterocycles. The lowest BCUT2D eigenvalue weighted by atomic mass is 9.98. The van der Waals surface area contributed by atoms with Gasteiger partial charge in [-0.15, -0.1) is 11.3 Å². The molecular formula is C13H21N3S. The minimum atomic E-state index is 0.719. The first-order valence-corrected chi connectivity index (χ1v) is 7.42. The Bertz CT molecular complexity index is 389. The first-order chi connectivity index (χ1) is 8.24. The summed E-state index contributed by atoms with van der Waals surface area (Å²) in [5.74, 6) is 1.46. The number of likely N-dealkylation sites (tertiary alicyclic amines) is 1. The number of thiazole rings is 1. The van der Waals surface area contributed by atoms with E-state index in [4.69, 9.17) is 4.98 Å². The van der Waals surface area contributed by atoms with Gasteiger partial charge in [0.05, 0.1) is 10.7 Å². The van der Waals surface area contributed by atoms with Crippen LogP contribution in [-0.4, -0.2) is 43.1 Å². The zero-order valence-electron chi connectivity index (χ0n) is 10.7. The highest BCUT2D eigenvalue weighted by molar-refractivity contribution is 7.12. The van der Waals surface area contributed by atoms with Gasteiger partial charge in [-0.3, -0.25) is 0 Å². The maximum Gasteiger partial charge on any atom is 0.0962 e. The third-order valence-electron chi connectivity index (χ3n) is 4.07. The van der Waals surface area contributed by atoms with E-state index in [1.54, 1.807) is 0 Å². The van der Waals surface area contributed by atoms with Gasteiger partial charge in [0, 0.05) is 29.8 Å². The van der Waals surface area contributed by atoms with Crippen molar-refractivity contribution in [1.82, 2.24) is 15.2 Å². The number of rotatable bonds is 2. The van der Waals surface area contributed by atoms with Gasteiger partial charge in [0.25, 0.3) is 0 Å². The molecule has 2 saturated heterocycles. The summed E-state index contributed by atoms with van der Waals surface area (Å²) in [4.78, 5) is 8.80. The smallest absolute Gasteiger partial charge is 0.0962 e. The summed E-state index contributed by atoms with van der Waals surface area (Å²) < 4.78 is 0. The molecule has 0 radical (unpaired) electrons. The first kappa shape index (κ1) is 11.6. The van der Waals surface area contributed by atoms with Crippen molar-refractivity contribution in [1.29, 1.82) is 0 Å². The van der Waals surface area contributed by atoms with Gasteiger partial charge in [-0.1, -0.05) is 0 Å². The highest BCUT2D eigenvalue weighted by atomic mass is 32.1. The van der Waals surface area contributed by atoms with Crippen LogP contribution in [-0.2, 0) is 0 Å². The molecule has 0 amide bonds. The van der Waals surface area contributed by atoms with Crippen molar-refractivity contribution in [3.05, 3.63) is 15.6 Å². The fourth-order valence-corrected chi connectivity index (χ4v) is 4.05. The fourth-order valence-electron chi connectivity index (χ4n) is 2.71. The second-order valence-corrected chi connectivity index (χ2v) is 6.50. The molecule has 17 heavy (non-hydrogen) atoms. The van der Waals surface area contributed by atoms with E-state index >= 15 is 0 Å². The van der Waals surface area contributed by atoms with Crippen LogP contribution in [0.1, 0.15) is 40.3 Å². The van der Waals surface area contributed by atoms with Crippen molar-refractivity contribution >= 4 is 11.3 Å². The van der Waals surface area contributed by atoms with Gasteiger partial charge < -0.3 is 10.2 Å². The lowest BCUT2D eigenvalue weighted by Gasteiger charge is -2.28. The van der Waals surface area contributed by atoms with E-state index in [9.17, 15) is 0 Å². The van der Waals surface area contributed by atoms with Crippen LogP contribution in [0.2, 0.25) is 0 Å². The molecule has 1 aromatic rings. The van der Waals surface area contributed by atoms with Crippen LogP contribution in [0.4, 0.5) is 0 Å². The van der Waals surface area contributed by atoms with Crippen LogP contribution in [0, 0.1) is 6.92 Å². The van der Waals surface area contributed by atoms with E-state index < -0.39 is 0 Å². The van der Waals surface area contributed by atoms with Crippen molar-refractivity contribution in [3.8, 4) is 0 Å². The molecule has 1 N–H and O–H groups in total. The summed E-state index contributed by atoms with van der Waals surface area (Å²) in [6.45, 7) is 6.93. The number of hydrogen-bond acceptors (Lipinski definition) is 4. The molecule has 0 aromatic carbocycles. The Balaban J connectivity index is 1.74. The summed E-state index contributed by atoms with van der Waals surface area (Å²) in [5.41, 5.74) is 1.29. The predicted octanol–water partition coefficient (Wildman–Crippen LogP) is 1.95. The topological polar surface area (TPSA) is 28.2 Å². The van der Waals surface area contributed by atoms with Crippen LogP contribution in [0.25, 0.3) is 0 Å². The zero-order chi connectivity index (χ0) is 11.8. The maximum atomic E-state index is 4.83. The fraction of sp³-hybridized carbons (Fsp3) is 0.769. The minimum Gasteiger partial charge on any atom is -0.315 e. The summed E-state index contributed by atoms with van der Waals surface area (Å²) in [5, 5.41) is 4.75. The predicted molar refractivity (Wildman–Crippen MR) is 71.9 cm³/mol. The Morgan fingerprint density at radius 2 is 1.94 bits per heavy atom. The largest absolute Gasteiger partial charge is 0.315 e. The van der Waals surface area contributed by atoms with Gasteiger partial charge in [-0.2, -0.15) is 0 Å². The molecule has 2 fully saturated rings. The zero-order valence-corrected chi connectivity index (χ0v) is 11.5. The molecule has 2 aliphatic heterocycles. The Morgan fingerprint density at radius 3 is 2.53 bits per heavy atom. The number of hydrogen-bond donors (Lipinski definition) is 1. The van der Waals surface area contributed by atoms with Gasteiger partial charge in [-0.25, -0.2) is 4.98 Å². The van der Waals surface area contributed by atoms with Gasteiger partial charge in [-0.05, 0) is 39.9 Å². The van der Waals surface area contributed by atoms with E-state index in [0.29, 0.717) is 0 Å². The van der Waals surface area contributed by atoms with Crippen molar-refractivity contribution in [2.45, 2.75) is 31.6 Å². The van der Waals surface area contributed by atoms with Gasteiger partial charge in [0.15, 0.2) is 0 Å². The average molecular weight is 251 g/mol. The van der Waals surface area contributed by atoms with E-state index in [-0.39, 0.29) is 0 Å². The third kappa shape index (κ3) is 2.26. The normalized spacial score (nSPS) is 23.9. The molecule has 1 aromatic heterocycles. The minimum absolute atomic E-state index is 0.719. The van der Waals surface area contributed by atoms with Crippen molar-refractivity contribution < 1.29 is 0 Å². The molecule has 0 aliphatic carbocycles. The summed E-state index contributed by atoms with van der Waals surface area (Å²) in [6.07, 6.45) is 2.57. The molecule has 0 spiro atoms. The standard InChI is InChI=1S/C13H21N3S/c1-9-12(11-7-14-8-11)17-13(15-9)10-3-5-16(2)6-4-10/h10-11,14H,3-8H2,1-2H3. The van der Waals surface area contributed by atoms with Gasteiger partial charge in [0.1, 0.15) is 0 Å². The van der Waals surface area contributed by atoms with Gasteiger partial charge >= 0.3 is 0 Å². The molecule has 0 unspecified atom stereocenters. The second kappa shape index (κ2) is 4.67. The maximum absolute atomic E-state index is 4.83. The number of aromatic nitrogens is 1. The van der Waals surface area contributed by atoms with E-state index in [0.717, 1.165) is 24.9 Å². The molecule has 0 atom stereocenters. The molecule has 3 rings (SSSR count). The summed E-state index contributed by atoms with van der Waals surface area (Å²) in [7, 11) is 2.22. The van der Waals surface area contributed by atoms with E-state index in [1.165, 1.54) is 41.5 Å². The Kier molecular flexibility index (Phi) is 3.19. The first-order valence-electron chi connectivity index (χ1n) is 6.60. The van der Waals surface area contributed by atoms with Crippen LogP contribution in [0.3, 0.4) is 0 Å². The Labute approximate surface area is 107 Å². The average Bonchev–Trinajstić information content (AvgIpc) is 2.60. The van der Waals surface area contributed by atoms with Crippen LogP contribution in [0.15, 0.2) is 0 Å². The van der Waals surface area contributed by atoms with Crippen molar-refractivity contribution in [3.63, 3.8) is 0 Å². The second-order valence-electron chi connectivity index (χ2n) is 5.43. The molecule has 2 aliphatic rings. The highest BCUT2D eigenvalue weighted by Crippen LogP contribution is 2.36. The lowest BCUT2D eigenvalue weighted by molar-refractivity contribution is 0.255. The van der Waals surface area contributed by atoms with Gasteiger partial charge in [0.2, 0.25) is 0 Å². The molecular weight excluding hydrogens is 230 g/mol. The molecule has 3 nitrogen and oxygen atoms in total. The summed E-state index contributed by atoms with van der Waals surface area (Å²) in [6, 6.07) is 0. The Morgan fingerprint density at radius 1 is 1.24 bits per heavy atom. The number of nitrogens with zero attached hydrogens (tertiary/aromatic N) is 2. The molecule has 0 saturated carbocycles. The number of aryl methyl sites for hydroxylation is 1. The lowest BCUT2D eigenvalue weighted by Crippen LogP contribution is -2.39. The molecule has 0 bridgehead atoms. The van der Waals surface area contributed by atoms with Crippen molar-refractivity contribution in [2.75, 3.05) is 33.2 Å². The quantitative estimate of drug-likeness (QED) is 0.871.